The van der Waals surface area contributed by atoms with E-state index in [1.54, 1.807) is 6.20 Å². The number of nitrogens with one attached hydrogen (secondary N) is 1. The van der Waals surface area contributed by atoms with E-state index < -0.39 is 0 Å². The number of benzene rings is 2. The lowest BCUT2D eigenvalue weighted by Gasteiger charge is -2.05. The molecule has 0 fully saturated rings. The van der Waals surface area contributed by atoms with Gasteiger partial charge >= 0.3 is 0 Å². The summed E-state index contributed by atoms with van der Waals surface area (Å²) in [6.07, 6.45) is 1.73. The van der Waals surface area contributed by atoms with Gasteiger partial charge in [0, 0.05) is 5.56 Å². The van der Waals surface area contributed by atoms with Gasteiger partial charge in [-0.15, -0.1) is 5.10 Å². The Morgan fingerprint density at radius 1 is 0.950 bits per heavy atom. The fourth-order valence-electron chi connectivity index (χ4n) is 1.76. The third kappa shape index (κ3) is 2.89. The molecule has 0 saturated carbocycles. The van der Waals surface area contributed by atoms with E-state index >= 15 is 0 Å². The van der Waals surface area contributed by atoms with Crippen molar-refractivity contribution in [3.05, 3.63) is 77.3 Å². The molecule has 0 atom stereocenters. The van der Waals surface area contributed by atoms with Gasteiger partial charge in [0.15, 0.2) is 0 Å². The summed E-state index contributed by atoms with van der Waals surface area (Å²) in [6, 6.07) is 19.8. The molecule has 0 aliphatic heterocycles. The maximum Gasteiger partial charge on any atom is 0.111 e. The van der Waals surface area contributed by atoms with Crippen molar-refractivity contribution in [1.29, 1.82) is 0 Å². The van der Waals surface area contributed by atoms with Crippen molar-refractivity contribution in [2.45, 2.75) is 0 Å². The molecule has 1 N–H and O–H groups in total. The van der Waals surface area contributed by atoms with Crippen molar-refractivity contribution < 1.29 is 0 Å². The summed E-state index contributed by atoms with van der Waals surface area (Å²) >= 11 is 1.33. The number of hydrogen-bond donors (Lipinski definition) is 1. The van der Waals surface area contributed by atoms with Crippen LogP contribution in [0.5, 0.6) is 0 Å². The lowest BCUT2D eigenvalue weighted by Crippen LogP contribution is -2.04. The zero-order chi connectivity index (χ0) is 13.6. The van der Waals surface area contributed by atoms with Crippen molar-refractivity contribution in [3.63, 3.8) is 0 Å². The van der Waals surface area contributed by atoms with Crippen molar-refractivity contribution in [1.82, 2.24) is 9.59 Å². The molecule has 2 aromatic carbocycles. The van der Waals surface area contributed by atoms with E-state index in [0.717, 1.165) is 21.8 Å². The molecule has 1 heterocycles. The second-order valence-corrected chi connectivity index (χ2v) is 4.87. The van der Waals surface area contributed by atoms with Gasteiger partial charge in [-0.05, 0) is 23.7 Å². The third-order valence-electron chi connectivity index (χ3n) is 2.71. The van der Waals surface area contributed by atoms with Crippen molar-refractivity contribution in [3.8, 4) is 0 Å². The summed E-state index contributed by atoms with van der Waals surface area (Å²) in [5, 5.41) is 8.39. The van der Waals surface area contributed by atoms with Crippen LogP contribution in [0.15, 0.2) is 72.0 Å². The minimum Gasteiger partial charge on any atom is -0.278 e. The highest BCUT2D eigenvalue weighted by molar-refractivity contribution is 7.08. The molecule has 0 radical (unpaired) electrons. The summed E-state index contributed by atoms with van der Waals surface area (Å²) in [5.41, 5.74) is 5.88. The standard InChI is InChI=1S/C15H12N4S/c1-3-7-12(8-4-1)15(14-11-16-19-20-14)18-17-13-9-5-2-6-10-13/h1-11,17H/b18-15+. The van der Waals surface area contributed by atoms with E-state index in [1.165, 1.54) is 11.5 Å². The van der Waals surface area contributed by atoms with E-state index in [1.807, 2.05) is 60.7 Å². The van der Waals surface area contributed by atoms with Crippen molar-refractivity contribution in [2.24, 2.45) is 5.10 Å². The summed E-state index contributed by atoms with van der Waals surface area (Å²) in [7, 11) is 0. The largest absolute Gasteiger partial charge is 0.278 e. The van der Waals surface area contributed by atoms with Crippen LogP contribution in [-0.4, -0.2) is 15.3 Å². The Hall–Kier alpha value is -2.53. The van der Waals surface area contributed by atoms with Crippen LogP contribution in [-0.2, 0) is 0 Å². The first-order valence-electron chi connectivity index (χ1n) is 6.15. The van der Waals surface area contributed by atoms with Crippen LogP contribution >= 0.6 is 11.5 Å². The Bertz CT molecular complexity index is 678. The lowest BCUT2D eigenvalue weighted by atomic mass is 10.1. The Labute approximate surface area is 121 Å². The van der Waals surface area contributed by atoms with E-state index in [4.69, 9.17) is 0 Å². The topological polar surface area (TPSA) is 50.2 Å². The van der Waals surface area contributed by atoms with Gasteiger partial charge in [-0.1, -0.05) is 53.0 Å². The van der Waals surface area contributed by atoms with E-state index in [0.29, 0.717) is 0 Å². The normalized spacial score (nSPS) is 11.3. The van der Waals surface area contributed by atoms with Gasteiger partial charge in [0.25, 0.3) is 0 Å². The predicted molar refractivity (Wildman–Crippen MR) is 82.1 cm³/mol. The van der Waals surface area contributed by atoms with Crippen LogP contribution in [0, 0.1) is 0 Å². The first-order chi connectivity index (χ1) is 9.93. The number of hydrogen-bond acceptors (Lipinski definition) is 5. The van der Waals surface area contributed by atoms with Crippen LogP contribution in [0.4, 0.5) is 5.69 Å². The molecular weight excluding hydrogens is 268 g/mol. The first-order valence-corrected chi connectivity index (χ1v) is 6.93. The molecule has 3 rings (SSSR count). The molecule has 0 amide bonds. The minimum atomic E-state index is 0.837. The van der Waals surface area contributed by atoms with Crippen molar-refractivity contribution >= 4 is 22.9 Å². The number of nitrogens with zero attached hydrogens (tertiary/aromatic N) is 3. The quantitative estimate of drug-likeness (QED) is 0.588. The first kappa shape index (κ1) is 12.5. The van der Waals surface area contributed by atoms with Crippen molar-refractivity contribution in [2.75, 3.05) is 5.43 Å². The van der Waals surface area contributed by atoms with Crippen LogP contribution in [0.3, 0.4) is 0 Å². The zero-order valence-corrected chi connectivity index (χ0v) is 11.4. The predicted octanol–water partition coefficient (Wildman–Crippen LogP) is 3.40. The molecule has 0 saturated heterocycles. The molecule has 0 unspecified atom stereocenters. The molecule has 0 aliphatic carbocycles. The van der Waals surface area contributed by atoms with Crippen LogP contribution in [0.1, 0.15) is 10.4 Å². The maximum atomic E-state index is 4.50. The molecule has 3 aromatic rings. The highest BCUT2D eigenvalue weighted by atomic mass is 32.1. The molecule has 0 spiro atoms. The second-order valence-electron chi connectivity index (χ2n) is 4.09. The van der Waals surface area contributed by atoms with E-state index in [-0.39, 0.29) is 0 Å². The van der Waals surface area contributed by atoms with E-state index in [9.17, 15) is 0 Å². The molecule has 20 heavy (non-hydrogen) atoms. The van der Waals surface area contributed by atoms with Gasteiger partial charge in [0.1, 0.15) is 5.71 Å². The maximum absolute atomic E-state index is 4.50. The summed E-state index contributed by atoms with van der Waals surface area (Å²) in [4.78, 5) is 0.930. The van der Waals surface area contributed by atoms with Gasteiger partial charge in [-0.25, -0.2) is 0 Å². The van der Waals surface area contributed by atoms with Crippen LogP contribution < -0.4 is 5.43 Å². The summed E-state index contributed by atoms with van der Waals surface area (Å²) in [5.74, 6) is 0. The molecule has 5 heteroatoms. The summed E-state index contributed by atoms with van der Waals surface area (Å²) in [6.45, 7) is 0. The van der Waals surface area contributed by atoms with Gasteiger partial charge < -0.3 is 0 Å². The highest BCUT2D eigenvalue weighted by Crippen LogP contribution is 2.14. The molecular formula is C15H12N4S. The summed E-state index contributed by atoms with van der Waals surface area (Å²) < 4.78 is 3.91. The third-order valence-corrected chi connectivity index (χ3v) is 3.38. The Morgan fingerprint density at radius 2 is 1.65 bits per heavy atom. The SMILES string of the molecule is c1ccc(N/N=C(\c2ccccc2)c2cnns2)cc1. The minimum absolute atomic E-state index is 0.837. The van der Waals surface area contributed by atoms with Crippen LogP contribution in [0.25, 0.3) is 0 Å². The van der Waals surface area contributed by atoms with Crippen LogP contribution in [0.2, 0.25) is 0 Å². The number of rotatable bonds is 4. The Morgan fingerprint density at radius 3 is 2.30 bits per heavy atom. The average molecular weight is 280 g/mol. The molecule has 4 nitrogen and oxygen atoms in total. The highest BCUT2D eigenvalue weighted by Gasteiger charge is 2.09. The van der Waals surface area contributed by atoms with Gasteiger partial charge in [0.05, 0.1) is 16.8 Å². The van der Waals surface area contributed by atoms with Gasteiger partial charge in [-0.2, -0.15) is 5.10 Å². The van der Waals surface area contributed by atoms with Gasteiger partial charge in [-0.3, -0.25) is 5.43 Å². The molecule has 0 aliphatic rings. The lowest BCUT2D eigenvalue weighted by molar-refractivity contribution is 1.15. The monoisotopic (exact) mass is 280 g/mol. The molecule has 98 valence electrons. The number of hydrazone groups is 1. The smallest absolute Gasteiger partial charge is 0.111 e. The van der Waals surface area contributed by atoms with E-state index in [2.05, 4.69) is 20.1 Å². The Balaban J connectivity index is 1.94. The fraction of sp³-hybridized carbons (Fsp3) is 0. The average Bonchev–Trinajstić information content (AvgIpc) is 3.04. The van der Waals surface area contributed by atoms with Gasteiger partial charge in [0.2, 0.25) is 0 Å². The number of para-hydroxylation sites is 1. The fourth-order valence-corrected chi connectivity index (χ4v) is 2.29. The number of anilines is 1. The Kier molecular flexibility index (Phi) is 3.80. The molecule has 1 aromatic heterocycles. The molecule has 0 bridgehead atoms. The number of aromatic nitrogens is 2. The second kappa shape index (κ2) is 6.08. The zero-order valence-electron chi connectivity index (χ0n) is 10.6.